The predicted octanol–water partition coefficient (Wildman–Crippen LogP) is 4.34. The van der Waals surface area contributed by atoms with Crippen LogP contribution in [0.3, 0.4) is 0 Å². The molecule has 0 spiro atoms. The van der Waals surface area contributed by atoms with Crippen molar-refractivity contribution in [2.24, 2.45) is 0 Å². The van der Waals surface area contributed by atoms with Crippen molar-refractivity contribution < 1.29 is 28.2 Å². The van der Waals surface area contributed by atoms with Crippen LogP contribution in [0.15, 0.2) is 56.2 Å². The van der Waals surface area contributed by atoms with Crippen molar-refractivity contribution in [3.05, 3.63) is 68.5 Å². The molecule has 156 valence electrons. The Hall–Kier alpha value is -3.26. The first kappa shape index (κ1) is 21.4. The second-order valence-electron chi connectivity index (χ2n) is 6.12. The van der Waals surface area contributed by atoms with Gasteiger partial charge in [-0.1, -0.05) is 15.9 Å². The van der Waals surface area contributed by atoms with Crippen molar-refractivity contribution in [1.82, 2.24) is 0 Å². The number of esters is 1. The Morgan fingerprint density at radius 2 is 1.70 bits per heavy atom. The number of ether oxygens (including phenoxy) is 4. The van der Waals surface area contributed by atoms with Crippen LogP contribution in [0, 0.1) is 0 Å². The van der Waals surface area contributed by atoms with Crippen LogP contribution in [-0.4, -0.2) is 27.3 Å². The summed E-state index contributed by atoms with van der Waals surface area (Å²) in [7, 11) is 4.56. The zero-order valence-electron chi connectivity index (χ0n) is 16.6. The van der Waals surface area contributed by atoms with Gasteiger partial charge in [-0.3, -0.25) is 0 Å². The van der Waals surface area contributed by atoms with Gasteiger partial charge in [-0.15, -0.1) is 0 Å². The largest absolute Gasteiger partial charge is 0.496 e. The van der Waals surface area contributed by atoms with E-state index in [1.54, 1.807) is 30.3 Å². The number of fused-ring (bicyclic) bond motifs is 1. The number of hydrogen-bond donors (Lipinski definition) is 0. The molecule has 30 heavy (non-hydrogen) atoms. The van der Waals surface area contributed by atoms with Gasteiger partial charge in [0.25, 0.3) is 0 Å². The zero-order valence-corrected chi connectivity index (χ0v) is 18.1. The maximum absolute atomic E-state index is 12.2. The monoisotopic (exact) mass is 474 g/mol. The Morgan fingerprint density at radius 1 is 1.00 bits per heavy atom. The predicted molar refractivity (Wildman–Crippen MR) is 115 cm³/mol. The molecule has 0 unspecified atom stereocenters. The Morgan fingerprint density at radius 3 is 2.40 bits per heavy atom. The Balaban J connectivity index is 1.78. The van der Waals surface area contributed by atoms with Gasteiger partial charge in [0, 0.05) is 39.2 Å². The van der Waals surface area contributed by atoms with E-state index in [1.807, 2.05) is 6.07 Å². The summed E-state index contributed by atoms with van der Waals surface area (Å²) in [4.78, 5) is 24.0. The standard InChI is InChI=1S/C22H19BrO7/c1-26-17-11-20(28-3)19(27-2)8-13(17)4-7-21(24)29-12-14-9-22(25)30-18-10-15(23)5-6-16(14)18/h4-11H,12H2,1-3H3/b7-4+. The van der Waals surface area contributed by atoms with E-state index in [-0.39, 0.29) is 6.61 Å². The third-order valence-electron chi connectivity index (χ3n) is 4.30. The molecule has 0 bridgehead atoms. The summed E-state index contributed by atoms with van der Waals surface area (Å²) in [5, 5.41) is 0.691. The Bertz CT molecular complexity index is 1160. The van der Waals surface area contributed by atoms with Gasteiger partial charge >= 0.3 is 11.6 Å². The molecular formula is C22H19BrO7. The highest BCUT2D eigenvalue weighted by Crippen LogP contribution is 2.35. The molecule has 0 amide bonds. The number of benzene rings is 2. The van der Waals surface area contributed by atoms with Gasteiger partial charge in [0.05, 0.1) is 21.3 Å². The van der Waals surface area contributed by atoms with Crippen molar-refractivity contribution >= 4 is 38.9 Å². The first-order chi connectivity index (χ1) is 14.4. The van der Waals surface area contributed by atoms with Gasteiger partial charge < -0.3 is 23.4 Å². The molecule has 0 saturated carbocycles. The normalized spacial score (nSPS) is 10.9. The van der Waals surface area contributed by atoms with Gasteiger partial charge in [0.2, 0.25) is 0 Å². The summed E-state index contributed by atoms with van der Waals surface area (Å²) in [6, 6.07) is 9.95. The molecule has 1 aromatic heterocycles. The second kappa shape index (κ2) is 9.49. The molecule has 2 aromatic carbocycles. The lowest BCUT2D eigenvalue weighted by atomic mass is 10.1. The second-order valence-corrected chi connectivity index (χ2v) is 7.04. The smallest absolute Gasteiger partial charge is 0.336 e. The minimum absolute atomic E-state index is 0.0734. The first-order valence-corrected chi connectivity index (χ1v) is 9.61. The van der Waals surface area contributed by atoms with Crippen LogP contribution >= 0.6 is 15.9 Å². The van der Waals surface area contributed by atoms with Crippen LogP contribution in [0.25, 0.3) is 17.0 Å². The lowest BCUT2D eigenvalue weighted by Crippen LogP contribution is -2.05. The number of carbonyl (C=O) groups is 1. The highest BCUT2D eigenvalue weighted by molar-refractivity contribution is 9.10. The summed E-state index contributed by atoms with van der Waals surface area (Å²) in [5.41, 5.74) is 1.06. The van der Waals surface area contributed by atoms with E-state index in [0.29, 0.717) is 39.3 Å². The fourth-order valence-electron chi connectivity index (χ4n) is 2.86. The average Bonchev–Trinajstić information content (AvgIpc) is 2.74. The molecule has 3 rings (SSSR count). The van der Waals surface area contributed by atoms with E-state index >= 15 is 0 Å². The van der Waals surface area contributed by atoms with Crippen LogP contribution in [-0.2, 0) is 16.1 Å². The summed E-state index contributed by atoms with van der Waals surface area (Å²) in [6.07, 6.45) is 2.83. The molecule has 1 heterocycles. The van der Waals surface area contributed by atoms with E-state index in [0.717, 1.165) is 4.47 Å². The van der Waals surface area contributed by atoms with E-state index in [4.69, 9.17) is 23.4 Å². The third kappa shape index (κ3) is 4.83. The molecule has 0 fully saturated rings. The quantitative estimate of drug-likeness (QED) is 0.286. The van der Waals surface area contributed by atoms with Crippen LogP contribution in [0.1, 0.15) is 11.1 Å². The molecule has 0 aliphatic rings. The highest BCUT2D eigenvalue weighted by Gasteiger charge is 2.11. The Kier molecular flexibility index (Phi) is 6.79. The molecule has 0 radical (unpaired) electrons. The van der Waals surface area contributed by atoms with Crippen LogP contribution < -0.4 is 19.8 Å². The fraction of sp³-hybridized carbons (Fsp3) is 0.182. The number of hydrogen-bond acceptors (Lipinski definition) is 7. The summed E-state index contributed by atoms with van der Waals surface area (Å²) >= 11 is 3.33. The van der Waals surface area contributed by atoms with Gasteiger partial charge in [0.1, 0.15) is 17.9 Å². The molecule has 8 heteroatoms. The molecule has 0 saturated heterocycles. The van der Waals surface area contributed by atoms with Crippen molar-refractivity contribution in [2.45, 2.75) is 6.61 Å². The van der Waals surface area contributed by atoms with E-state index in [1.165, 1.54) is 33.5 Å². The first-order valence-electron chi connectivity index (χ1n) is 8.82. The summed E-state index contributed by atoms with van der Waals surface area (Å²) in [5.74, 6) is 0.940. The molecule has 0 aliphatic heterocycles. The summed E-state index contributed by atoms with van der Waals surface area (Å²) in [6.45, 7) is -0.0734. The van der Waals surface area contributed by atoms with Crippen LogP contribution in [0.5, 0.6) is 17.2 Å². The lowest BCUT2D eigenvalue weighted by molar-refractivity contribution is -0.138. The maximum Gasteiger partial charge on any atom is 0.336 e. The van der Waals surface area contributed by atoms with E-state index in [2.05, 4.69) is 15.9 Å². The minimum atomic E-state index is -0.578. The van der Waals surface area contributed by atoms with Crippen LogP contribution in [0.4, 0.5) is 0 Å². The minimum Gasteiger partial charge on any atom is -0.496 e. The van der Waals surface area contributed by atoms with Gasteiger partial charge in [-0.25, -0.2) is 9.59 Å². The number of halogens is 1. The third-order valence-corrected chi connectivity index (χ3v) is 4.79. The zero-order chi connectivity index (χ0) is 21.7. The van der Waals surface area contributed by atoms with Crippen molar-refractivity contribution in [1.29, 1.82) is 0 Å². The van der Waals surface area contributed by atoms with Gasteiger partial charge in [-0.05, 0) is 30.3 Å². The number of carbonyl (C=O) groups excluding carboxylic acids is 1. The number of rotatable bonds is 7. The average molecular weight is 475 g/mol. The Labute approximate surface area is 180 Å². The van der Waals surface area contributed by atoms with E-state index < -0.39 is 11.6 Å². The fourth-order valence-corrected chi connectivity index (χ4v) is 3.20. The molecular weight excluding hydrogens is 456 g/mol. The van der Waals surface area contributed by atoms with Crippen molar-refractivity contribution in [3.63, 3.8) is 0 Å². The van der Waals surface area contributed by atoms with Crippen LogP contribution in [0.2, 0.25) is 0 Å². The van der Waals surface area contributed by atoms with Gasteiger partial charge in [-0.2, -0.15) is 0 Å². The highest BCUT2D eigenvalue weighted by atomic mass is 79.9. The van der Waals surface area contributed by atoms with E-state index in [9.17, 15) is 9.59 Å². The molecule has 0 aliphatic carbocycles. The van der Waals surface area contributed by atoms with Gasteiger partial charge in [0.15, 0.2) is 11.5 Å². The topological polar surface area (TPSA) is 84.2 Å². The lowest BCUT2D eigenvalue weighted by Gasteiger charge is -2.12. The molecule has 3 aromatic rings. The summed E-state index contributed by atoms with van der Waals surface area (Å²) < 4.78 is 27.1. The van der Waals surface area contributed by atoms with Crippen molar-refractivity contribution in [3.8, 4) is 17.2 Å². The van der Waals surface area contributed by atoms with Crippen molar-refractivity contribution in [2.75, 3.05) is 21.3 Å². The molecule has 0 N–H and O–H groups in total. The SMILES string of the molecule is COc1cc(OC)c(OC)cc1/C=C/C(=O)OCc1cc(=O)oc2cc(Br)ccc12. The maximum atomic E-state index is 12.2. The number of methoxy groups -OCH3 is 3. The molecule has 7 nitrogen and oxygen atoms in total. The molecule has 0 atom stereocenters.